The molecule has 0 radical (unpaired) electrons. The van der Waals surface area contributed by atoms with E-state index in [1.165, 1.54) is 0 Å². The topological polar surface area (TPSA) is 58.6 Å². The molecule has 1 saturated heterocycles. The lowest BCUT2D eigenvalue weighted by molar-refractivity contribution is -0.139. The van der Waals surface area contributed by atoms with Crippen LogP contribution in [0.5, 0.6) is 0 Å². The van der Waals surface area contributed by atoms with Gasteiger partial charge in [-0.2, -0.15) is 0 Å². The molecule has 1 fully saturated rings. The fourth-order valence-corrected chi connectivity index (χ4v) is 1.39. The second-order valence-corrected chi connectivity index (χ2v) is 3.38. The van der Waals surface area contributed by atoms with Gasteiger partial charge in [-0.05, 0) is 6.92 Å². The maximum absolute atomic E-state index is 11.2. The average molecular weight is 212 g/mol. The molecule has 0 aromatic rings. The van der Waals surface area contributed by atoms with Crippen LogP contribution in [0.25, 0.3) is 0 Å². The summed E-state index contributed by atoms with van der Waals surface area (Å²) in [5.41, 5.74) is 0.395. The van der Waals surface area contributed by atoms with Gasteiger partial charge >= 0.3 is 5.97 Å². The van der Waals surface area contributed by atoms with E-state index in [9.17, 15) is 9.59 Å². The molecule has 0 aromatic heterocycles. The second kappa shape index (κ2) is 5.50. The Bertz CT molecular complexity index is 276. The summed E-state index contributed by atoms with van der Waals surface area (Å²) in [5.74, 6) is -0.401. The van der Waals surface area contributed by atoms with Crippen molar-refractivity contribution >= 4 is 11.9 Å². The summed E-state index contributed by atoms with van der Waals surface area (Å²) in [7, 11) is 0. The quantitative estimate of drug-likeness (QED) is 0.506. The van der Waals surface area contributed by atoms with E-state index in [-0.39, 0.29) is 11.9 Å². The Hall–Kier alpha value is -1.36. The number of piperazine rings is 1. The lowest BCUT2D eigenvalue weighted by Gasteiger charge is -2.26. The van der Waals surface area contributed by atoms with Crippen LogP contribution in [0.2, 0.25) is 0 Å². The number of nitrogens with zero attached hydrogens (tertiary/aromatic N) is 1. The molecule has 1 heterocycles. The van der Waals surface area contributed by atoms with E-state index in [1.54, 1.807) is 6.92 Å². The number of carbonyl (C=O) groups excluding carboxylic acids is 2. The van der Waals surface area contributed by atoms with Crippen molar-refractivity contribution in [1.82, 2.24) is 10.2 Å². The average Bonchev–Trinajstić information content (AvgIpc) is 2.18. The van der Waals surface area contributed by atoms with Gasteiger partial charge in [0.25, 0.3) is 0 Å². The van der Waals surface area contributed by atoms with Gasteiger partial charge in [-0.25, -0.2) is 4.79 Å². The largest absolute Gasteiger partial charge is 0.463 e. The molecule has 1 aliphatic heterocycles. The molecule has 5 nitrogen and oxygen atoms in total. The number of rotatable bonds is 4. The van der Waals surface area contributed by atoms with Gasteiger partial charge in [0.15, 0.2) is 0 Å². The molecule has 1 aliphatic rings. The fraction of sp³-hybridized carbons (Fsp3) is 0.600. The van der Waals surface area contributed by atoms with Crippen molar-refractivity contribution in [3.05, 3.63) is 12.2 Å². The molecular formula is C10H16N2O3. The minimum absolute atomic E-state index is 0.0158. The van der Waals surface area contributed by atoms with Crippen LogP contribution in [0, 0.1) is 0 Å². The lowest BCUT2D eigenvalue weighted by atomic mass is 10.2. The van der Waals surface area contributed by atoms with Crippen LogP contribution in [0.4, 0.5) is 0 Å². The number of hydrogen-bond donors (Lipinski definition) is 1. The van der Waals surface area contributed by atoms with E-state index in [2.05, 4.69) is 11.9 Å². The monoisotopic (exact) mass is 212 g/mol. The van der Waals surface area contributed by atoms with Gasteiger partial charge < -0.3 is 10.1 Å². The van der Waals surface area contributed by atoms with Gasteiger partial charge in [0.1, 0.15) is 0 Å². The van der Waals surface area contributed by atoms with Gasteiger partial charge in [-0.1, -0.05) is 6.58 Å². The van der Waals surface area contributed by atoms with Crippen LogP contribution in [0.15, 0.2) is 12.2 Å². The molecule has 5 heteroatoms. The Kier molecular flexibility index (Phi) is 4.30. The zero-order valence-corrected chi connectivity index (χ0v) is 8.91. The lowest BCUT2D eigenvalue weighted by Crippen LogP contribution is -2.48. The molecule has 1 N–H and O–H groups in total. The minimum Gasteiger partial charge on any atom is -0.463 e. The van der Waals surface area contributed by atoms with Crippen molar-refractivity contribution in [3.63, 3.8) is 0 Å². The molecule has 0 aliphatic carbocycles. The number of carbonyl (C=O) groups is 2. The van der Waals surface area contributed by atoms with Crippen molar-refractivity contribution in [2.45, 2.75) is 6.92 Å². The van der Waals surface area contributed by atoms with E-state index in [1.807, 2.05) is 4.90 Å². The van der Waals surface area contributed by atoms with Crippen LogP contribution in [-0.4, -0.2) is 49.6 Å². The number of esters is 1. The Morgan fingerprint density at radius 1 is 1.67 bits per heavy atom. The van der Waals surface area contributed by atoms with E-state index in [0.29, 0.717) is 31.8 Å². The normalized spacial score (nSPS) is 17.0. The molecule has 1 rings (SSSR count). The van der Waals surface area contributed by atoms with E-state index in [0.717, 1.165) is 6.54 Å². The van der Waals surface area contributed by atoms with E-state index < -0.39 is 0 Å². The molecule has 0 aromatic carbocycles. The summed E-state index contributed by atoms with van der Waals surface area (Å²) in [4.78, 5) is 24.2. The van der Waals surface area contributed by atoms with Gasteiger partial charge in [-0.15, -0.1) is 0 Å². The Morgan fingerprint density at radius 3 is 3.00 bits per heavy atom. The van der Waals surface area contributed by atoms with Gasteiger partial charge in [0, 0.05) is 25.2 Å². The molecular weight excluding hydrogens is 196 g/mol. The van der Waals surface area contributed by atoms with Crippen molar-refractivity contribution in [2.24, 2.45) is 0 Å². The number of hydrogen-bond acceptors (Lipinski definition) is 4. The molecule has 1 amide bonds. The van der Waals surface area contributed by atoms with Crippen LogP contribution < -0.4 is 5.32 Å². The van der Waals surface area contributed by atoms with Gasteiger partial charge in [-0.3, -0.25) is 9.69 Å². The van der Waals surface area contributed by atoms with E-state index in [4.69, 9.17) is 4.74 Å². The zero-order chi connectivity index (χ0) is 11.3. The Labute approximate surface area is 89.1 Å². The third kappa shape index (κ3) is 3.71. The summed E-state index contributed by atoms with van der Waals surface area (Å²) in [5, 5.41) is 2.71. The summed E-state index contributed by atoms with van der Waals surface area (Å²) in [6, 6.07) is 0. The molecule has 0 unspecified atom stereocenters. The van der Waals surface area contributed by atoms with Crippen molar-refractivity contribution < 1.29 is 14.3 Å². The Morgan fingerprint density at radius 2 is 2.40 bits per heavy atom. The number of amides is 1. The molecule has 15 heavy (non-hydrogen) atoms. The third-order valence-electron chi connectivity index (χ3n) is 2.10. The first-order chi connectivity index (χ1) is 7.13. The molecule has 0 bridgehead atoms. The highest BCUT2D eigenvalue weighted by Gasteiger charge is 2.19. The first-order valence-electron chi connectivity index (χ1n) is 4.97. The van der Waals surface area contributed by atoms with Gasteiger partial charge in [0.05, 0.1) is 13.2 Å². The minimum atomic E-state index is -0.386. The predicted octanol–water partition coefficient (Wildman–Crippen LogP) is -0.462. The highest BCUT2D eigenvalue weighted by atomic mass is 16.5. The van der Waals surface area contributed by atoms with Crippen LogP contribution >= 0.6 is 0 Å². The zero-order valence-electron chi connectivity index (χ0n) is 8.91. The molecule has 0 saturated carbocycles. The summed E-state index contributed by atoms with van der Waals surface area (Å²) < 4.78 is 4.81. The molecule has 0 spiro atoms. The Balaban J connectivity index is 2.37. The maximum Gasteiger partial charge on any atom is 0.334 e. The van der Waals surface area contributed by atoms with Crippen LogP contribution in [0.3, 0.4) is 0 Å². The highest BCUT2D eigenvalue weighted by Crippen LogP contribution is 2.01. The first-order valence-corrected chi connectivity index (χ1v) is 4.97. The number of nitrogens with one attached hydrogen (secondary N) is 1. The standard InChI is InChI=1S/C10H16N2O3/c1-3-15-10(14)8(2)6-12-5-4-11-9(13)7-12/h2-7H2,1H3,(H,11,13). The predicted molar refractivity (Wildman–Crippen MR) is 55.2 cm³/mol. The SMILES string of the molecule is C=C(CN1CCNC(=O)C1)C(=O)OCC. The first kappa shape index (κ1) is 11.7. The summed E-state index contributed by atoms with van der Waals surface area (Å²) in [6.07, 6.45) is 0. The van der Waals surface area contributed by atoms with Crippen molar-refractivity contribution in [2.75, 3.05) is 32.8 Å². The van der Waals surface area contributed by atoms with Crippen LogP contribution in [-0.2, 0) is 14.3 Å². The van der Waals surface area contributed by atoms with Crippen LogP contribution in [0.1, 0.15) is 6.92 Å². The van der Waals surface area contributed by atoms with Gasteiger partial charge in [0.2, 0.25) is 5.91 Å². The van der Waals surface area contributed by atoms with Crippen molar-refractivity contribution in [3.8, 4) is 0 Å². The summed E-state index contributed by atoms with van der Waals surface area (Å²) >= 11 is 0. The summed E-state index contributed by atoms with van der Waals surface area (Å²) in [6.45, 7) is 7.81. The second-order valence-electron chi connectivity index (χ2n) is 3.38. The highest BCUT2D eigenvalue weighted by molar-refractivity contribution is 5.88. The fourth-order valence-electron chi connectivity index (χ4n) is 1.39. The molecule has 84 valence electrons. The van der Waals surface area contributed by atoms with E-state index >= 15 is 0 Å². The maximum atomic E-state index is 11.2. The smallest absolute Gasteiger partial charge is 0.334 e. The third-order valence-corrected chi connectivity index (χ3v) is 2.10. The van der Waals surface area contributed by atoms with Crippen molar-refractivity contribution in [1.29, 1.82) is 0 Å². The molecule has 0 atom stereocenters. The number of ether oxygens (including phenoxy) is 1.